The maximum absolute atomic E-state index is 13.4. The monoisotopic (exact) mass is 451 g/mol. The molecule has 1 heterocycles. The number of carbonyl (C=O) groups excluding carboxylic acids is 3. The van der Waals surface area contributed by atoms with E-state index in [9.17, 15) is 14.4 Å². The molecule has 7 heteroatoms. The molecule has 1 N–H and O–H groups in total. The van der Waals surface area contributed by atoms with E-state index in [1.54, 1.807) is 54.6 Å². The number of benzene rings is 3. The maximum atomic E-state index is 13.4. The smallest absolute Gasteiger partial charge is 0.359 e. The summed E-state index contributed by atoms with van der Waals surface area (Å²) >= 11 is 0. The first-order chi connectivity index (χ1) is 16.6. The highest BCUT2D eigenvalue weighted by Gasteiger charge is 2.32. The van der Waals surface area contributed by atoms with Crippen LogP contribution in [0, 0.1) is 0 Å². The van der Waals surface area contributed by atoms with Crippen molar-refractivity contribution in [2.45, 2.75) is 0 Å². The summed E-state index contributed by atoms with van der Waals surface area (Å²) in [6.45, 7) is 0. The molecule has 0 unspecified atom stereocenters. The molecular formula is C27H21N3O4. The Bertz CT molecular complexity index is 1340. The molecule has 0 aliphatic rings. The number of para-hydroxylation sites is 2. The number of ether oxygens (including phenoxy) is 1. The Labute approximate surface area is 196 Å². The van der Waals surface area contributed by atoms with Gasteiger partial charge in [0, 0.05) is 5.69 Å². The Balaban J connectivity index is 1.87. The van der Waals surface area contributed by atoms with Crippen LogP contribution in [-0.4, -0.2) is 34.6 Å². The van der Waals surface area contributed by atoms with Gasteiger partial charge in [0.15, 0.2) is 11.5 Å². The Morgan fingerprint density at radius 3 is 2.06 bits per heavy atom. The average molecular weight is 451 g/mol. The Kier molecular flexibility index (Phi) is 6.74. The lowest BCUT2D eigenvalue weighted by molar-refractivity contribution is 0.0590. The van der Waals surface area contributed by atoms with Gasteiger partial charge in [0.1, 0.15) is 5.69 Å². The van der Waals surface area contributed by atoms with E-state index in [1.165, 1.54) is 17.9 Å². The van der Waals surface area contributed by atoms with Crippen molar-refractivity contribution in [3.63, 3.8) is 0 Å². The summed E-state index contributed by atoms with van der Waals surface area (Å²) in [4.78, 5) is 39.4. The van der Waals surface area contributed by atoms with Crippen LogP contribution in [0.15, 0.2) is 97.1 Å². The summed E-state index contributed by atoms with van der Waals surface area (Å²) in [5.41, 5.74) is 1.38. The Morgan fingerprint density at radius 1 is 0.853 bits per heavy atom. The highest BCUT2D eigenvalue weighted by molar-refractivity contribution is 6.19. The highest BCUT2D eigenvalue weighted by Crippen LogP contribution is 2.23. The van der Waals surface area contributed by atoms with Gasteiger partial charge < -0.3 is 10.1 Å². The summed E-state index contributed by atoms with van der Waals surface area (Å²) in [5, 5.41) is 7.10. The first kappa shape index (κ1) is 22.4. The van der Waals surface area contributed by atoms with E-state index in [1.807, 2.05) is 42.5 Å². The first-order valence-electron chi connectivity index (χ1n) is 10.5. The third-order valence-corrected chi connectivity index (χ3v) is 4.98. The fourth-order valence-electron chi connectivity index (χ4n) is 3.39. The van der Waals surface area contributed by atoms with E-state index >= 15 is 0 Å². The summed E-state index contributed by atoms with van der Waals surface area (Å²) in [5.74, 6) is -1.96. The van der Waals surface area contributed by atoms with Crippen LogP contribution in [0.1, 0.15) is 36.9 Å². The molecule has 0 saturated heterocycles. The van der Waals surface area contributed by atoms with Crippen LogP contribution in [0.25, 0.3) is 11.8 Å². The number of esters is 1. The number of allylic oxidation sites excluding steroid dienone is 1. The van der Waals surface area contributed by atoms with Crippen molar-refractivity contribution in [1.29, 1.82) is 0 Å². The molecule has 4 rings (SSSR count). The van der Waals surface area contributed by atoms with Gasteiger partial charge in [-0.15, -0.1) is 0 Å². The topological polar surface area (TPSA) is 90.3 Å². The van der Waals surface area contributed by atoms with E-state index in [0.717, 1.165) is 5.56 Å². The third kappa shape index (κ3) is 4.83. The molecule has 0 bridgehead atoms. The normalized spacial score (nSPS) is 10.7. The van der Waals surface area contributed by atoms with Crippen molar-refractivity contribution in [3.05, 3.63) is 120 Å². The summed E-state index contributed by atoms with van der Waals surface area (Å²) < 4.78 is 6.16. The number of nitrogens with one attached hydrogen (secondary N) is 1. The lowest BCUT2D eigenvalue weighted by atomic mass is 10.0. The second-order valence-electron chi connectivity index (χ2n) is 7.24. The van der Waals surface area contributed by atoms with Crippen LogP contribution in [0.5, 0.6) is 0 Å². The van der Waals surface area contributed by atoms with Crippen LogP contribution in [0.2, 0.25) is 0 Å². The van der Waals surface area contributed by atoms with Gasteiger partial charge in [0.2, 0.25) is 0 Å². The number of rotatable bonds is 7. The van der Waals surface area contributed by atoms with Crippen LogP contribution in [-0.2, 0) is 4.74 Å². The number of carbonyl (C=O) groups is 3. The molecule has 0 saturated carbocycles. The molecule has 7 nitrogen and oxygen atoms in total. The zero-order valence-corrected chi connectivity index (χ0v) is 18.3. The minimum atomic E-state index is -0.820. The van der Waals surface area contributed by atoms with Crippen molar-refractivity contribution < 1.29 is 19.1 Å². The van der Waals surface area contributed by atoms with Crippen molar-refractivity contribution in [2.24, 2.45) is 0 Å². The lowest BCUT2D eigenvalue weighted by Gasteiger charge is -2.10. The van der Waals surface area contributed by atoms with Gasteiger partial charge in [0.25, 0.3) is 5.91 Å². The predicted octanol–water partition coefficient (Wildman–Crippen LogP) is 4.81. The molecule has 0 atom stereocenters. The number of hydrogen-bond donors (Lipinski definition) is 1. The molecule has 0 aliphatic carbocycles. The van der Waals surface area contributed by atoms with E-state index in [-0.39, 0.29) is 17.0 Å². The number of methoxy groups -OCH3 is 1. The lowest BCUT2D eigenvalue weighted by Crippen LogP contribution is -2.20. The maximum Gasteiger partial charge on any atom is 0.359 e. The van der Waals surface area contributed by atoms with E-state index in [2.05, 4.69) is 10.4 Å². The fourth-order valence-corrected chi connectivity index (χ4v) is 3.39. The largest absolute Gasteiger partial charge is 0.464 e. The zero-order valence-electron chi connectivity index (χ0n) is 18.3. The average Bonchev–Trinajstić information content (AvgIpc) is 3.29. The number of aromatic nitrogens is 2. The standard InChI is InChI=1S/C27H21N3O4/c1-34-27(33)24-23(22(31)18-17-19-11-5-2-6-12-19)25(26(32)28-20-13-7-3-8-14-20)30(29-24)21-15-9-4-10-16-21/h2-18H,1H3,(H,28,32). The molecule has 168 valence electrons. The van der Waals surface area contributed by atoms with Gasteiger partial charge in [-0.25, -0.2) is 9.48 Å². The van der Waals surface area contributed by atoms with Gasteiger partial charge >= 0.3 is 5.97 Å². The van der Waals surface area contributed by atoms with Gasteiger partial charge in [-0.05, 0) is 35.9 Å². The van der Waals surface area contributed by atoms with Crippen molar-refractivity contribution in [1.82, 2.24) is 9.78 Å². The Hall–Kier alpha value is -4.78. The molecule has 0 spiro atoms. The molecular weight excluding hydrogens is 430 g/mol. The summed E-state index contributed by atoms with van der Waals surface area (Å²) in [6, 6.07) is 26.8. The molecule has 34 heavy (non-hydrogen) atoms. The summed E-state index contributed by atoms with van der Waals surface area (Å²) in [7, 11) is 1.20. The number of ketones is 1. The van der Waals surface area contributed by atoms with E-state index < -0.39 is 17.7 Å². The quantitative estimate of drug-likeness (QED) is 0.247. The Morgan fingerprint density at radius 2 is 1.44 bits per heavy atom. The molecule has 4 aromatic rings. The third-order valence-electron chi connectivity index (χ3n) is 4.98. The molecule has 0 fully saturated rings. The second-order valence-corrected chi connectivity index (χ2v) is 7.24. The molecule has 0 aliphatic heterocycles. The minimum Gasteiger partial charge on any atom is -0.464 e. The summed E-state index contributed by atoms with van der Waals surface area (Å²) in [6.07, 6.45) is 2.93. The number of amides is 1. The van der Waals surface area contributed by atoms with Crippen LogP contribution in [0.4, 0.5) is 5.69 Å². The molecule has 0 radical (unpaired) electrons. The zero-order chi connectivity index (χ0) is 23.9. The van der Waals surface area contributed by atoms with Crippen molar-refractivity contribution >= 4 is 29.4 Å². The molecule has 3 aromatic carbocycles. The van der Waals surface area contributed by atoms with E-state index in [4.69, 9.17) is 4.74 Å². The fraction of sp³-hybridized carbons (Fsp3) is 0.0370. The van der Waals surface area contributed by atoms with Crippen LogP contribution in [0.3, 0.4) is 0 Å². The SMILES string of the molecule is COC(=O)c1nn(-c2ccccc2)c(C(=O)Nc2ccccc2)c1C(=O)C=Cc1ccccc1. The number of anilines is 1. The van der Waals surface area contributed by atoms with Crippen LogP contribution < -0.4 is 5.32 Å². The number of hydrogen-bond acceptors (Lipinski definition) is 5. The van der Waals surface area contributed by atoms with Gasteiger partial charge in [-0.1, -0.05) is 72.8 Å². The van der Waals surface area contributed by atoms with Gasteiger partial charge in [0.05, 0.1) is 18.4 Å². The predicted molar refractivity (Wildman–Crippen MR) is 129 cm³/mol. The number of nitrogens with zero attached hydrogens (tertiary/aromatic N) is 2. The second kappa shape index (κ2) is 10.2. The van der Waals surface area contributed by atoms with Gasteiger partial charge in [-0.3, -0.25) is 9.59 Å². The van der Waals surface area contributed by atoms with E-state index in [0.29, 0.717) is 11.4 Å². The van der Waals surface area contributed by atoms with Crippen LogP contribution >= 0.6 is 0 Å². The first-order valence-corrected chi connectivity index (χ1v) is 10.5. The molecule has 1 aromatic heterocycles. The van der Waals surface area contributed by atoms with Crippen molar-refractivity contribution in [3.8, 4) is 5.69 Å². The highest BCUT2D eigenvalue weighted by atomic mass is 16.5. The van der Waals surface area contributed by atoms with Crippen molar-refractivity contribution in [2.75, 3.05) is 12.4 Å². The van der Waals surface area contributed by atoms with Gasteiger partial charge in [-0.2, -0.15) is 5.10 Å². The molecule has 1 amide bonds. The minimum absolute atomic E-state index is 0.0711.